The first-order valence-corrected chi connectivity index (χ1v) is 15.2. The minimum atomic E-state index is -3.57. The summed E-state index contributed by atoms with van der Waals surface area (Å²) < 4.78 is 58.1. The fourth-order valence-corrected chi connectivity index (χ4v) is 6.44. The second kappa shape index (κ2) is 11.7. The van der Waals surface area contributed by atoms with E-state index in [9.17, 15) is 21.6 Å². The third-order valence-electron chi connectivity index (χ3n) is 5.79. The van der Waals surface area contributed by atoms with E-state index in [0.29, 0.717) is 31.7 Å². The summed E-state index contributed by atoms with van der Waals surface area (Å²) in [6.07, 6.45) is 2.84. The van der Waals surface area contributed by atoms with Crippen molar-refractivity contribution in [2.24, 2.45) is 5.92 Å². The Morgan fingerprint density at radius 1 is 1.00 bits per heavy atom. The average molecular weight is 542 g/mol. The van der Waals surface area contributed by atoms with Crippen molar-refractivity contribution in [3.05, 3.63) is 48.5 Å². The van der Waals surface area contributed by atoms with E-state index in [1.165, 1.54) is 30.5 Å². The van der Waals surface area contributed by atoms with Gasteiger partial charge in [0.1, 0.15) is 12.4 Å². The van der Waals surface area contributed by atoms with Crippen LogP contribution in [0.15, 0.2) is 63.2 Å². The number of sulfonamides is 2. The molecule has 9 nitrogen and oxygen atoms in total. The molecule has 12 heteroatoms. The predicted octanol–water partition coefficient (Wildman–Crippen LogP) is 2.25. The average Bonchev–Trinajstić information content (AvgIpc) is 2.86. The lowest BCUT2D eigenvalue weighted by molar-refractivity contribution is -0.126. The molecular weight excluding hydrogens is 510 g/mol. The summed E-state index contributed by atoms with van der Waals surface area (Å²) in [6, 6.07) is 12.9. The molecule has 0 radical (unpaired) electrons. The Morgan fingerprint density at radius 3 is 2.11 bits per heavy atom. The van der Waals surface area contributed by atoms with Gasteiger partial charge in [-0.15, -0.1) is 11.8 Å². The van der Waals surface area contributed by atoms with Crippen LogP contribution in [0.5, 0.6) is 5.75 Å². The van der Waals surface area contributed by atoms with E-state index in [4.69, 9.17) is 4.74 Å². The van der Waals surface area contributed by atoms with Crippen molar-refractivity contribution in [1.82, 2.24) is 13.9 Å². The summed E-state index contributed by atoms with van der Waals surface area (Å²) in [5.41, 5.74) is 0. The van der Waals surface area contributed by atoms with Gasteiger partial charge in [0, 0.05) is 38.0 Å². The maximum absolute atomic E-state index is 12.9. The molecule has 1 saturated heterocycles. The molecule has 1 aliphatic heterocycles. The molecule has 2 aromatic rings. The lowest BCUT2D eigenvalue weighted by Gasteiger charge is -2.30. The fourth-order valence-electron chi connectivity index (χ4n) is 3.66. The zero-order valence-corrected chi connectivity index (χ0v) is 22.5. The Balaban J connectivity index is 1.42. The van der Waals surface area contributed by atoms with E-state index in [0.717, 1.165) is 9.20 Å². The largest absolute Gasteiger partial charge is 0.492 e. The van der Waals surface area contributed by atoms with Gasteiger partial charge in [0.2, 0.25) is 26.0 Å². The number of ether oxygens (including phenoxy) is 1. The quantitative estimate of drug-likeness (QED) is 0.363. The molecular formula is C23H31N3O6S3. The van der Waals surface area contributed by atoms with Crippen molar-refractivity contribution in [2.75, 3.05) is 46.6 Å². The lowest BCUT2D eigenvalue weighted by atomic mass is 9.97. The Hall–Kier alpha value is -2.12. The number of nitrogens with one attached hydrogen (secondary N) is 1. The molecule has 1 aliphatic rings. The minimum absolute atomic E-state index is 0.123. The molecule has 0 aliphatic carbocycles. The molecule has 0 atom stereocenters. The van der Waals surface area contributed by atoms with Crippen molar-refractivity contribution >= 4 is 37.7 Å². The summed E-state index contributed by atoms with van der Waals surface area (Å²) >= 11 is 1.55. The lowest BCUT2D eigenvalue weighted by Crippen LogP contribution is -2.43. The van der Waals surface area contributed by atoms with E-state index in [1.54, 1.807) is 48.2 Å². The molecule has 1 fully saturated rings. The number of rotatable bonds is 10. The SMILES string of the molecule is CSc1ccc(S(=O)(=O)N2CCC(C(=O)NCCOc3ccc(S(=O)(=O)N(C)C)cc3)CC2)cc1. The van der Waals surface area contributed by atoms with E-state index in [-0.39, 0.29) is 34.8 Å². The number of benzene rings is 2. The minimum Gasteiger partial charge on any atom is -0.492 e. The third kappa shape index (κ3) is 6.76. The zero-order chi connectivity index (χ0) is 25.6. The Morgan fingerprint density at radius 2 is 1.57 bits per heavy atom. The number of hydrogen-bond donors (Lipinski definition) is 1. The van der Waals surface area contributed by atoms with E-state index >= 15 is 0 Å². The topological polar surface area (TPSA) is 113 Å². The summed E-state index contributed by atoms with van der Waals surface area (Å²) in [7, 11) is -4.13. The zero-order valence-electron chi connectivity index (χ0n) is 20.0. The summed E-state index contributed by atoms with van der Waals surface area (Å²) in [5.74, 6) is 0.124. The molecule has 1 N–H and O–H groups in total. The number of thioether (sulfide) groups is 1. The molecule has 0 bridgehead atoms. The molecule has 1 amide bonds. The third-order valence-corrected chi connectivity index (χ3v) is 10.3. The van der Waals surface area contributed by atoms with Gasteiger partial charge in [0.15, 0.2) is 0 Å². The molecule has 0 saturated carbocycles. The molecule has 0 aromatic heterocycles. The number of carbonyl (C=O) groups excluding carboxylic acids is 1. The molecule has 3 rings (SSSR count). The van der Waals surface area contributed by atoms with Crippen molar-refractivity contribution < 1.29 is 26.4 Å². The van der Waals surface area contributed by atoms with Crippen LogP contribution in [-0.2, 0) is 24.8 Å². The molecule has 35 heavy (non-hydrogen) atoms. The highest BCUT2D eigenvalue weighted by Gasteiger charge is 2.32. The van der Waals surface area contributed by atoms with Gasteiger partial charge in [-0.3, -0.25) is 4.79 Å². The number of hydrogen-bond acceptors (Lipinski definition) is 7. The standard InChI is InChI=1S/C23H31N3O6S3/c1-25(2)34(28,29)21-8-4-19(5-9-21)32-17-14-24-23(27)18-12-15-26(16-13-18)35(30,31)22-10-6-20(33-3)7-11-22/h4-11,18H,12-17H2,1-3H3,(H,24,27). The number of amides is 1. The molecule has 0 unspecified atom stereocenters. The highest BCUT2D eigenvalue weighted by Crippen LogP contribution is 2.25. The first-order chi connectivity index (χ1) is 16.6. The second-order valence-corrected chi connectivity index (χ2v) is 13.2. The van der Waals surface area contributed by atoms with Gasteiger partial charge in [-0.1, -0.05) is 0 Å². The number of piperidine rings is 1. The van der Waals surface area contributed by atoms with Crippen molar-refractivity contribution in [3.63, 3.8) is 0 Å². The van der Waals surface area contributed by atoms with Gasteiger partial charge < -0.3 is 10.1 Å². The van der Waals surface area contributed by atoms with Crippen LogP contribution in [0.4, 0.5) is 0 Å². The van der Waals surface area contributed by atoms with Gasteiger partial charge in [-0.05, 0) is 67.6 Å². The predicted molar refractivity (Wildman–Crippen MR) is 136 cm³/mol. The van der Waals surface area contributed by atoms with Crippen LogP contribution in [0.1, 0.15) is 12.8 Å². The molecule has 192 valence electrons. The molecule has 2 aromatic carbocycles. The normalized spacial score (nSPS) is 15.8. The van der Waals surface area contributed by atoms with Crippen LogP contribution in [0.25, 0.3) is 0 Å². The monoisotopic (exact) mass is 541 g/mol. The van der Waals surface area contributed by atoms with E-state index in [2.05, 4.69) is 5.32 Å². The van der Waals surface area contributed by atoms with Crippen LogP contribution in [-0.4, -0.2) is 77.9 Å². The summed E-state index contributed by atoms with van der Waals surface area (Å²) in [6.45, 7) is 1.11. The van der Waals surface area contributed by atoms with Crippen molar-refractivity contribution in [3.8, 4) is 5.75 Å². The number of carbonyl (C=O) groups is 1. The van der Waals surface area contributed by atoms with Crippen molar-refractivity contribution in [2.45, 2.75) is 27.5 Å². The first-order valence-electron chi connectivity index (χ1n) is 11.1. The fraction of sp³-hybridized carbons (Fsp3) is 0.435. The second-order valence-electron chi connectivity index (χ2n) is 8.25. The molecule has 0 spiro atoms. The Labute approximate surface area is 211 Å². The van der Waals surface area contributed by atoms with Crippen LogP contribution in [0, 0.1) is 5.92 Å². The first kappa shape index (κ1) is 27.5. The van der Waals surface area contributed by atoms with Crippen LogP contribution in [0.3, 0.4) is 0 Å². The van der Waals surface area contributed by atoms with Gasteiger partial charge in [0.25, 0.3) is 0 Å². The van der Waals surface area contributed by atoms with E-state index in [1.807, 2.05) is 6.26 Å². The number of nitrogens with zero attached hydrogens (tertiary/aromatic N) is 2. The Bertz CT molecular complexity index is 1210. The van der Waals surface area contributed by atoms with E-state index < -0.39 is 20.0 Å². The smallest absolute Gasteiger partial charge is 0.243 e. The summed E-state index contributed by atoms with van der Waals surface area (Å²) in [5, 5.41) is 2.83. The maximum Gasteiger partial charge on any atom is 0.243 e. The highest BCUT2D eigenvalue weighted by molar-refractivity contribution is 7.98. The van der Waals surface area contributed by atoms with Gasteiger partial charge in [-0.25, -0.2) is 21.1 Å². The van der Waals surface area contributed by atoms with Crippen LogP contribution < -0.4 is 10.1 Å². The highest BCUT2D eigenvalue weighted by atomic mass is 32.2. The van der Waals surface area contributed by atoms with Crippen LogP contribution >= 0.6 is 11.8 Å². The summed E-state index contributed by atoms with van der Waals surface area (Å²) in [4.78, 5) is 14.0. The van der Waals surface area contributed by atoms with Crippen molar-refractivity contribution in [1.29, 1.82) is 0 Å². The maximum atomic E-state index is 12.9. The van der Waals surface area contributed by atoms with Gasteiger partial charge in [-0.2, -0.15) is 4.31 Å². The van der Waals surface area contributed by atoms with Gasteiger partial charge >= 0.3 is 0 Å². The van der Waals surface area contributed by atoms with Gasteiger partial charge in [0.05, 0.1) is 16.3 Å². The Kier molecular flexibility index (Phi) is 9.22. The molecule has 1 heterocycles. The van der Waals surface area contributed by atoms with Crippen LogP contribution in [0.2, 0.25) is 0 Å².